The third-order valence-corrected chi connectivity index (χ3v) is 4.76. The topological polar surface area (TPSA) is 42.7 Å². The molecule has 3 aromatic rings. The van der Waals surface area contributed by atoms with E-state index in [0.29, 0.717) is 0 Å². The number of anilines is 1. The fraction of sp³-hybridized carbons (Fsp3) is 0.368. The molecule has 5 nitrogen and oxygen atoms in total. The van der Waals surface area contributed by atoms with Gasteiger partial charge in [0.2, 0.25) is 0 Å². The molecule has 0 radical (unpaired) electrons. The third kappa shape index (κ3) is 2.65. The summed E-state index contributed by atoms with van der Waals surface area (Å²) >= 11 is 0. The summed E-state index contributed by atoms with van der Waals surface area (Å²) in [6.07, 6.45) is 4.77. The van der Waals surface area contributed by atoms with Gasteiger partial charge in [-0.05, 0) is 36.6 Å². The van der Waals surface area contributed by atoms with Gasteiger partial charge in [0, 0.05) is 18.7 Å². The summed E-state index contributed by atoms with van der Waals surface area (Å²) in [7, 11) is 0. The third-order valence-electron chi connectivity index (χ3n) is 4.76. The van der Waals surface area contributed by atoms with Crippen LogP contribution in [0.5, 0.6) is 0 Å². The van der Waals surface area contributed by atoms with Crippen LogP contribution in [0.1, 0.15) is 18.1 Å². The van der Waals surface area contributed by atoms with Crippen molar-refractivity contribution in [3.05, 3.63) is 47.9 Å². The van der Waals surface area contributed by atoms with Gasteiger partial charge in [0.25, 0.3) is 0 Å². The number of benzene rings is 1. The van der Waals surface area contributed by atoms with Crippen LogP contribution in [0.4, 0.5) is 5.69 Å². The highest BCUT2D eigenvalue weighted by molar-refractivity contribution is 5.80. The van der Waals surface area contributed by atoms with Gasteiger partial charge in [-0.3, -0.25) is 0 Å². The van der Waals surface area contributed by atoms with E-state index in [1.54, 1.807) is 6.33 Å². The maximum absolute atomic E-state index is 5.45. The molecule has 2 aromatic heterocycles. The van der Waals surface area contributed by atoms with Gasteiger partial charge in [-0.25, -0.2) is 9.50 Å². The molecule has 0 amide bonds. The number of hydrogen-bond acceptors (Lipinski definition) is 4. The van der Waals surface area contributed by atoms with Crippen molar-refractivity contribution in [1.82, 2.24) is 14.6 Å². The largest absolute Gasteiger partial charge is 0.378 e. The lowest BCUT2D eigenvalue weighted by atomic mass is 10.0. The Balaban J connectivity index is 1.78. The minimum absolute atomic E-state index is 0.780. The molecule has 24 heavy (non-hydrogen) atoms. The van der Waals surface area contributed by atoms with Crippen molar-refractivity contribution in [2.24, 2.45) is 0 Å². The molecule has 1 fully saturated rings. The van der Waals surface area contributed by atoms with Gasteiger partial charge in [0.1, 0.15) is 6.33 Å². The lowest BCUT2D eigenvalue weighted by Crippen LogP contribution is -2.35. The van der Waals surface area contributed by atoms with E-state index in [1.807, 2.05) is 4.52 Å². The van der Waals surface area contributed by atoms with Gasteiger partial charge in [0.05, 0.1) is 36.3 Å². The summed E-state index contributed by atoms with van der Waals surface area (Å²) in [6, 6.07) is 8.77. The lowest BCUT2D eigenvalue weighted by Gasteiger charge is -2.27. The van der Waals surface area contributed by atoms with Crippen LogP contribution >= 0.6 is 0 Å². The molecule has 0 aliphatic carbocycles. The van der Waals surface area contributed by atoms with E-state index in [4.69, 9.17) is 4.74 Å². The molecule has 1 aromatic carbocycles. The van der Waals surface area contributed by atoms with Crippen LogP contribution in [-0.4, -0.2) is 40.9 Å². The first-order valence-corrected chi connectivity index (χ1v) is 8.52. The maximum atomic E-state index is 5.45. The van der Waals surface area contributed by atoms with Crippen LogP contribution in [-0.2, 0) is 11.2 Å². The Bertz CT molecular complexity index is 865. The van der Waals surface area contributed by atoms with Crippen molar-refractivity contribution < 1.29 is 4.74 Å². The SMILES string of the molecule is CCc1ccc(-c2ncnn3cc(N4CCOCC4)cc23)cc1C. The maximum Gasteiger partial charge on any atom is 0.137 e. The summed E-state index contributed by atoms with van der Waals surface area (Å²) in [4.78, 5) is 6.90. The number of hydrogen-bond donors (Lipinski definition) is 0. The molecule has 124 valence electrons. The number of rotatable bonds is 3. The van der Waals surface area contributed by atoms with Crippen molar-refractivity contribution in [1.29, 1.82) is 0 Å². The van der Waals surface area contributed by atoms with Gasteiger partial charge in [-0.15, -0.1) is 0 Å². The molecule has 0 spiro atoms. The molecule has 4 rings (SSSR count). The van der Waals surface area contributed by atoms with E-state index >= 15 is 0 Å². The van der Waals surface area contributed by atoms with E-state index in [9.17, 15) is 0 Å². The van der Waals surface area contributed by atoms with E-state index in [0.717, 1.165) is 49.5 Å². The van der Waals surface area contributed by atoms with Crippen LogP contribution in [0.3, 0.4) is 0 Å². The monoisotopic (exact) mass is 322 g/mol. The second kappa shape index (κ2) is 6.24. The first-order chi connectivity index (χ1) is 11.8. The second-order valence-corrected chi connectivity index (χ2v) is 6.23. The van der Waals surface area contributed by atoms with Crippen molar-refractivity contribution in [3.63, 3.8) is 0 Å². The van der Waals surface area contributed by atoms with Crippen LogP contribution in [0.2, 0.25) is 0 Å². The molecule has 0 N–H and O–H groups in total. The molecule has 1 aliphatic heterocycles. The van der Waals surface area contributed by atoms with E-state index in [2.05, 4.69) is 59.3 Å². The second-order valence-electron chi connectivity index (χ2n) is 6.23. The van der Waals surface area contributed by atoms with E-state index in [1.165, 1.54) is 16.8 Å². The Hall–Kier alpha value is -2.40. The van der Waals surface area contributed by atoms with Gasteiger partial charge in [-0.2, -0.15) is 5.10 Å². The number of fused-ring (bicyclic) bond motifs is 1. The predicted molar refractivity (Wildman–Crippen MR) is 95.6 cm³/mol. The zero-order valence-corrected chi connectivity index (χ0v) is 14.2. The Morgan fingerprint density at radius 1 is 1.17 bits per heavy atom. The quantitative estimate of drug-likeness (QED) is 0.743. The minimum Gasteiger partial charge on any atom is -0.378 e. The van der Waals surface area contributed by atoms with Crippen LogP contribution in [0.25, 0.3) is 16.8 Å². The molecular weight excluding hydrogens is 300 g/mol. The summed E-state index contributed by atoms with van der Waals surface area (Å²) in [5.74, 6) is 0. The van der Waals surface area contributed by atoms with E-state index < -0.39 is 0 Å². The molecule has 3 heterocycles. The fourth-order valence-electron chi connectivity index (χ4n) is 3.37. The standard InChI is InChI=1S/C19H22N4O/c1-3-15-4-5-16(10-14(15)2)19-18-11-17(12-23(18)21-13-20-19)22-6-8-24-9-7-22/h4-5,10-13H,3,6-9H2,1-2H3. The summed E-state index contributed by atoms with van der Waals surface area (Å²) in [6.45, 7) is 7.75. The molecule has 0 bridgehead atoms. The highest BCUT2D eigenvalue weighted by atomic mass is 16.5. The summed E-state index contributed by atoms with van der Waals surface area (Å²) < 4.78 is 7.37. The molecule has 0 saturated carbocycles. The normalized spacial score (nSPS) is 15.2. The molecule has 5 heteroatoms. The molecular formula is C19H22N4O. The van der Waals surface area contributed by atoms with Crippen LogP contribution in [0, 0.1) is 6.92 Å². The molecule has 0 unspecified atom stereocenters. The average Bonchev–Trinajstić information content (AvgIpc) is 3.06. The zero-order valence-electron chi connectivity index (χ0n) is 14.2. The molecule has 0 atom stereocenters. The number of morpholine rings is 1. The minimum atomic E-state index is 0.780. The fourth-order valence-corrected chi connectivity index (χ4v) is 3.37. The highest BCUT2D eigenvalue weighted by Gasteiger charge is 2.16. The smallest absolute Gasteiger partial charge is 0.137 e. The Morgan fingerprint density at radius 2 is 2.00 bits per heavy atom. The van der Waals surface area contributed by atoms with Gasteiger partial charge in [0.15, 0.2) is 0 Å². The van der Waals surface area contributed by atoms with Crippen molar-refractivity contribution in [2.45, 2.75) is 20.3 Å². The Labute approximate surface area is 141 Å². The number of ether oxygens (including phenoxy) is 1. The lowest BCUT2D eigenvalue weighted by molar-refractivity contribution is 0.122. The predicted octanol–water partition coefficient (Wildman–Crippen LogP) is 3.10. The number of aryl methyl sites for hydroxylation is 2. The van der Waals surface area contributed by atoms with Gasteiger partial charge in [-0.1, -0.05) is 19.1 Å². The Morgan fingerprint density at radius 3 is 2.75 bits per heavy atom. The molecule has 1 aliphatic rings. The first kappa shape index (κ1) is 15.1. The van der Waals surface area contributed by atoms with Crippen LogP contribution < -0.4 is 4.90 Å². The highest BCUT2D eigenvalue weighted by Crippen LogP contribution is 2.28. The van der Waals surface area contributed by atoms with E-state index in [-0.39, 0.29) is 0 Å². The zero-order chi connectivity index (χ0) is 16.5. The van der Waals surface area contributed by atoms with Crippen molar-refractivity contribution in [2.75, 3.05) is 31.2 Å². The average molecular weight is 322 g/mol. The van der Waals surface area contributed by atoms with Gasteiger partial charge >= 0.3 is 0 Å². The Kier molecular flexibility index (Phi) is 3.94. The van der Waals surface area contributed by atoms with Crippen molar-refractivity contribution in [3.8, 4) is 11.3 Å². The number of nitrogens with zero attached hydrogens (tertiary/aromatic N) is 4. The van der Waals surface area contributed by atoms with Gasteiger partial charge < -0.3 is 9.64 Å². The summed E-state index contributed by atoms with van der Waals surface area (Å²) in [5, 5.41) is 4.39. The van der Waals surface area contributed by atoms with Crippen LogP contribution in [0.15, 0.2) is 36.8 Å². The van der Waals surface area contributed by atoms with Crippen molar-refractivity contribution >= 4 is 11.2 Å². The number of aromatic nitrogens is 3. The molecule has 1 saturated heterocycles. The summed E-state index contributed by atoms with van der Waals surface area (Å²) in [5.41, 5.74) is 7.04. The first-order valence-electron chi connectivity index (χ1n) is 8.52.